The van der Waals surface area contributed by atoms with E-state index in [1.54, 1.807) is 85.5 Å². The van der Waals surface area contributed by atoms with Gasteiger partial charge >= 0.3 is 13.0 Å². The zero-order chi connectivity index (χ0) is 63.5. The average Bonchev–Trinajstić information content (AvgIpc) is 2.04. The Labute approximate surface area is 520 Å². The summed E-state index contributed by atoms with van der Waals surface area (Å²) in [6, 6.07) is 25.1. The maximum atomic E-state index is 14.4. The number of fused-ring (bicyclic) bond motifs is 9. The third-order valence-electron chi connectivity index (χ3n) is 14.9. The molecule has 0 spiro atoms. The Balaban J connectivity index is 0.000000137. The van der Waals surface area contributed by atoms with Crippen molar-refractivity contribution in [2.75, 3.05) is 19.7 Å². The number of aromatic amines is 5. The van der Waals surface area contributed by atoms with E-state index in [2.05, 4.69) is 67.2 Å². The van der Waals surface area contributed by atoms with Crippen LogP contribution in [0.4, 0.5) is 26.3 Å². The summed E-state index contributed by atoms with van der Waals surface area (Å²) in [6.07, 6.45) is 13.8. The van der Waals surface area contributed by atoms with E-state index in [0.29, 0.717) is 76.0 Å². The number of ether oxygens (including phenoxy) is 1. The summed E-state index contributed by atoms with van der Waals surface area (Å²) in [6.45, 7) is 7.68. The highest BCUT2D eigenvalue weighted by Gasteiger charge is 2.52. The number of nitriles is 1. The lowest BCUT2D eigenvalue weighted by atomic mass is 9.82. The average molecular weight is 1360 g/mol. The van der Waals surface area contributed by atoms with E-state index in [9.17, 15) is 40.7 Å². The highest BCUT2D eigenvalue weighted by Crippen LogP contribution is 2.41. The number of hydrogen-bond acceptors (Lipinski definition) is 11. The van der Waals surface area contributed by atoms with Gasteiger partial charge in [-0.25, -0.2) is 4.84 Å². The van der Waals surface area contributed by atoms with Crippen LogP contribution in [0.2, 0.25) is 0 Å². The normalized spacial score (nSPS) is 15.5. The molecule has 2 fully saturated rings. The maximum absolute atomic E-state index is 14.4. The molecular formula is C61H56B2Br2ClF6N10O6-. The number of benzene rings is 6. The Morgan fingerprint density at radius 3 is 1.56 bits per heavy atom. The van der Waals surface area contributed by atoms with Crippen LogP contribution in [-0.2, 0) is 31.8 Å². The molecule has 0 aliphatic carbocycles. The molecule has 0 saturated carbocycles. The van der Waals surface area contributed by atoms with Crippen molar-refractivity contribution >= 4 is 129 Å². The van der Waals surface area contributed by atoms with Crippen LogP contribution in [0.3, 0.4) is 0 Å². The van der Waals surface area contributed by atoms with Gasteiger partial charge in [0.25, 0.3) is 28.5 Å². The van der Waals surface area contributed by atoms with Crippen molar-refractivity contribution in [2.24, 2.45) is 5.73 Å². The molecule has 11 aromatic rings. The fourth-order valence-electron chi connectivity index (χ4n) is 9.87. The summed E-state index contributed by atoms with van der Waals surface area (Å²) in [5, 5.41) is 26.5. The Morgan fingerprint density at radius 1 is 0.670 bits per heavy atom. The maximum Gasteiger partial charge on any atom is 0.498 e. The number of aromatic nitrogens is 7. The van der Waals surface area contributed by atoms with Crippen LogP contribution in [-0.4, -0.2) is 87.2 Å². The van der Waals surface area contributed by atoms with Crippen molar-refractivity contribution in [3.8, 4) is 17.2 Å². The van der Waals surface area contributed by atoms with Gasteiger partial charge in [-0.05, 0) is 175 Å². The number of H-pyrrole nitrogens is 5. The van der Waals surface area contributed by atoms with Gasteiger partial charge in [0.1, 0.15) is 6.07 Å². The quantitative estimate of drug-likeness (QED) is 0.0326. The molecule has 88 heavy (non-hydrogen) atoms. The van der Waals surface area contributed by atoms with Crippen molar-refractivity contribution < 1.29 is 40.4 Å². The molecule has 456 valence electrons. The van der Waals surface area contributed by atoms with Crippen molar-refractivity contribution in [2.45, 2.75) is 75.5 Å². The van der Waals surface area contributed by atoms with Crippen LogP contribution in [0.15, 0.2) is 158 Å². The molecule has 1 unspecified atom stereocenters. The summed E-state index contributed by atoms with van der Waals surface area (Å²) in [5.41, 5.74) is 5.49. The summed E-state index contributed by atoms with van der Waals surface area (Å²) >= 11 is 11.8. The molecule has 0 radical (unpaired) electrons. The molecular weight excluding hydrogens is 1300 g/mol. The van der Waals surface area contributed by atoms with Gasteiger partial charge in [-0.2, -0.15) is 41.8 Å². The van der Waals surface area contributed by atoms with Crippen LogP contribution in [0.25, 0.3) is 75.8 Å². The van der Waals surface area contributed by atoms with Crippen LogP contribution >= 0.6 is 43.6 Å². The molecule has 27 heteroatoms. The second-order valence-electron chi connectivity index (χ2n) is 21.1. The Morgan fingerprint density at radius 2 is 1.14 bits per heavy atom. The number of rotatable bonds is 8. The second kappa shape index (κ2) is 26.2. The molecule has 7 heterocycles. The van der Waals surface area contributed by atoms with Gasteiger partial charge in [0.05, 0.1) is 46.6 Å². The van der Waals surface area contributed by atoms with Gasteiger partial charge in [-0.3, -0.25) is 24.6 Å². The van der Waals surface area contributed by atoms with E-state index >= 15 is 0 Å². The van der Waals surface area contributed by atoms with Gasteiger partial charge in [0, 0.05) is 80.4 Å². The predicted molar refractivity (Wildman–Crippen MR) is 343 cm³/mol. The summed E-state index contributed by atoms with van der Waals surface area (Å²) < 4.78 is 104. The van der Waals surface area contributed by atoms with Crippen molar-refractivity contribution in [1.82, 2.24) is 40.2 Å². The van der Waals surface area contributed by atoms with Gasteiger partial charge in [-0.15, -0.1) is 0 Å². The molecule has 13 rings (SSSR count). The first kappa shape index (κ1) is 64.9. The van der Waals surface area contributed by atoms with Gasteiger partial charge in [0.15, 0.2) is 0 Å². The number of hydrogen-bond donors (Lipinski definition) is 7. The summed E-state index contributed by atoms with van der Waals surface area (Å²) in [5.74, 6) is -9.97. The molecule has 16 nitrogen and oxygen atoms in total. The number of pyridine rings is 3. The SMILES string of the molecule is CC1(C)OB(c2cn[nH]c2)OC1(C)C.N#CC(F)(F)c1cc2cc[nH]c(=O)c2c2cc(Br)ccc12.NCC(F)(F)c1cc2cc[nH]c(=O)c2c2cc(-c3cn[nH]c3)ccc12.O=c1[nH]ccc2cc(C(F)(F)CNCl)c3ccc(Br)cc3c12.[BH3-]C1CCCO1. The first-order valence-corrected chi connectivity index (χ1v) is 28.7. The zero-order valence-electron chi connectivity index (χ0n) is 46.7. The highest BCUT2D eigenvalue weighted by atomic mass is 79.9. The lowest BCUT2D eigenvalue weighted by molar-refractivity contribution is 0.00387. The smallest absolute Gasteiger partial charge is 0.417 e. The topological polar surface area (TPSA) is 245 Å². The Bertz CT molecular complexity index is 4570. The second-order valence-corrected chi connectivity index (χ2v) is 23.2. The lowest BCUT2D eigenvalue weighted by Crippen LogP contribution is -2.41. The third-order valence-corrected chi connectivity index (χ3v) is 16.1. The van der Waals surface area contributed by atoms with Gasteiger partial charge in [0.2, 0.25) is 0 Å². The Hall–Kier alpha value is -7.60. The van der Waals surface area contributed by atoms with Crippen LogP contribution < -0.4 is 32.7 Å². The number of nitrogens with one attached hydrogen (secondary N) is 6. The third kappa shape index (κ3) is 13.7. The van der Waals surface area contributed by atoms with E-state index in [0.717, 1.165) is 35.3 Å². The van der Waals surface area contributed by atoms with Crippen LogP contribution in [0, 0.1) is 11.3 Å². The fraction of sp³-hybridized carbons (Fsp3) is 0.246. The molecule has 2 aliphatic heterocycles. The van der Waals surface area contributed by atoms with Crippen LogP contribution in [0.5, 0.6) is 0 Å². The molecule has 1 atom stereocenters. The number of alkyl halides is 6. The highest BCUT2D eigenvalue weighted by molar-refractivity contribution is 9.10. The molecule has 2 aliphatic rings. The first-order valence-electron chi connectivity index (χ1n) is 26.7. The largest absolute Gasteiger partial charge is 0.498 e. The van der Waals surface area contributed by atoms with E-state index in [-0.39, 0.29) is 51.5 Å². The molecule has 2 saturated heterocycles. The molecule has 8 N–H and O–H groups in total. The summed E-state index contributed by atoms with van der Waals surface area (Å²) in [7, 11) is 0.214. The fourth-order valence-corrected chi connectivity index (χ4v) is 10.8. The summed E-state index contributed by atoms with van der Waals surface area (Å²) in [4.78, 5) is 46.2. The van der Waals surface area contributed by atoms with Crippen molar-refractivity contribution in [3.63, 3.8) is 0 Å². The first-order chi connectivity index (χ1) is 41.7. The molecule has 5 aromatic heterocycles. The van der Waals surface area contributed by atoms with Crippen molar-refractivity contribution in [1.29, 1.82) is 5.26 Å². The number of halogens is 9. The van der Waals surface area contributed by atoms with Crippen LogP contribution in [0.1, 0.15) is 57.2 Å². The Kier molecular flexibility index (Phi) is 19.3. The van der Waals surface area contributed by atoms with E-state index < -0.39 is 36.4 Å². The number of nitrogens with two attached hydrogens (primary N) is 1. The minimum absolute atomic E-state index is 0.166. The lowest BCUT2D eigenvalue weighted by Gasteiger charge is -2.32. The standard InChI is InChI=1S/C18H14F2N4O.C15H10BrClF2N2O.C15H7BrF2N2O.C9H15BN2O2.C4H10BO/c19-18(20,9-21)15-6-11-3-4-22-17(25)16(11)14-5-10(1-2-13(14)15)12-7-23-24-8-12;16-9-1-2-10-11(6-9)13-8(3-4-20-14(13)22)5-12(10)15(18,19)7-21-17;16-9-1-2-10-11(6-9)13-8(3-4-20-14(13)21)5-12(10)15(17,18)7-19;1-8(2)9(3,4)14-10(13-8)7-5-11-12-6-7;5-4-2-1-3-6-4/h1-8H,9,21H2,(H,22,25)(H,23,24);1-6,21H,7H2,(H,20,22);1-6H,(H,20,21);5-6H,1-4H3,(H,11,12);4H,1-3H2,5H3/q;;;;-1. The number of nitrogens with zero attached hydrogens (tertiary/aromatic N) is 3. The monoisotopic (exact) mass is 1350 g/mol. The van der Waals surface area contributed by atoms with E-state index in [1.807, 2.05) is 32.5 Å². The van der Waals surface area contributed by atoms with E-state index in [1.165, 1.54) is 61.8 Å². The minimum atomic E-state index is -3.62. The molecule has 0 bridgehead atoms. The van der Waals surface area contributed by atoms with Gasteiger partial charge < -0.3 is 34.7 Å². The molecule has 0 amide bonds. The predicted octanol–water partition coefficient (Wildman–Crippen LogP) is 11.7. The van der Waals surface area contributed by atoms with Crippen molar-refractivity contribution in [3.05, 3.63) is 191 Å². The van der Waals surface area contributed by atoms with E-state index in [4.69, 9.17) is 36.8 Å². The zero-order valence-corrected chi connectivity index (χ0v) is 50.6. The minimum Gasteiger partial charge on any atom is -0.417 e. The van der Waals surface area contributed by atoms with Gasteiger partial charge in [-0.1, -0.05) is 68.5 Å². The molecule has 6 aromatic carbocycles.